The zero-order valence-corrected chi connectivity index (χ0v) is 14.2. The highest BCUT2D eigenvalue weighted by Crippen LogP contribution is 2.23. The van der Waals surface area contributed by atoms with E-state index in [2.05, 4.69) is 4.98 Å². The van der Waals surface area contributed by atoms with E-state index in [1.54, 1.807) is 10.3 Å². The van der Waals surface area contributed by atoms with Gasteiger partial charge in [0.05, 0.1) is 22.6 Å². The normalized spacial score (nSPS) is 27.1. The standard InChI is InChI=1S/C14H20N2O4S2/c1-10-15-13(8-21-10)14(17)16(7-12-3-2-5-20-12)11-4-6-22(18,19)9-11/h8,11-12H,2-7,9H2,1H3. The molecule has 3 rings (SSSR count). The number of rotatable bonds is 4. The van der Waals surface area contributed by atoms with Gasteiger partial charge in [-0.3, -0.25) is 4.79 Å². The third kappa shape index (κ3) is 3.49. The number of carbonyl (C=O) groups is 1. The molecule has 6 nitrogen and oxygen atoms in total. The van der Waals surface area contributed by atoms with E-state index < -0.39 is 9.84 Å². The van der Waals surface area contributed by atoms with Crippen molar-refractivity contribution in [3.8, 4) is 0 Å². The summed E-state index contributed by atoms with van der Waals surface area (Å²) >= 11 is 1.43. The molecule has 0 aromatic carbocycles. The molecule has 0 spiro atoms. The Morgan fingerprint density at radius 2 is 2.32 bits per heavy atom. The second kappa shape index (κ2) is 6.25. The highest BCUT2D eigenvalue weighted by molar-refractivity contribution is 7.91. The lowest BCUT2D eigenvalue weighted by atomic mass is 10.1. The number of thiazole rings is 1. The Labute approximate surface area is 134 Å². The Balaban J connectivity index is 1.80. The fourth-order valence-corrected chi connectivity index (χ4v) is 5.35. The summed E-state index contributed by atoms with van der Waals surface area (Å²) in [5, 5.41) is 2.57. The van der Waals surface area contributed by atoms with Crippen LogP contribution in [0.2, 0.25) is 0 Å². The van der Waals surface area contributed by atoms with E-state index in [1.807, 2.05) is 6.92 Å². The average Bonchev–Trinajstić information content (AvgIpc) is 3.17. The van der Waals surface area contributed by atoms with Gasteiger partial charge in [0, 0.05) is 24.6 Å². The monoisotopic (exact) mass is 344 g/mol. The zero-order chi connectivity index (χ0) is 15.7. The molecule has 2 saturated heterocycles. The summed E-state index contributed by atoms with van der Waals surface area (Å²) in [6, 6.07) is -0.260. The van der Waals surface area contributed by atoms with Crippen molar-refractivity contribution >= 4 is 27.1 Å². The Morgan fingerprint density at radius 1 is 1.50 bits per heavy atom. The molecule has 2 aliphatic rings. The van der Waals surface area contributed by atoms with Gasteiger partial charge in [0.15, 0.2) is 9.84 Å². The van der Waals surface area contributed by atoms with Crippen molar-refractivity contribution < 1.29 is 17.9 Å². The van der Waals surface area contributed by atoms with Crippen LogP contribution in [0.1, 0.15) is 34.8 Å². The molecular formula is C14H20N2O4S2. The first kappa shape index (κ1) is 15.9. The van der Waals surface area contributed by atoms with Crippen molar-refractivity contribution in [3.05, 3.63) is 16.1 Å². The SMILES string of the molecule is Cc1nc(C(=O)N(CC2CCCO2)C2CCS(=O)(=O)C2)cs1. The Bertz CT molecular complexity index is 650. The largest absolute Gasteiger partial charge is 0.376 e. The van der Waals surface area contributed by atoms with Gasteiger partial charge >= 0.3 is 0 Å². The first-order chi connectivity index (χ1) is 10.4. The molecule has 0 aliphatic carbocycles. The van der Waals surface area contributed by atoms with Crippen LogP contribution in [-0.4, -0.2) is 61.0 Å². The van der Waals surface area contributed by atoms with Crippen LogP contribution in [0.4, 0.5) is 0 Å². The van der Waals surface area contributed by atoms with Gasteiger partial charge in [0.1, 0.15) is 5.69 Å². The minimum Gasteiger partial charge on any atom is -0.376 e. The molecule has 1 aromatic rings. The predicted molar refractivity (Wildman–Crippen MR) is 83.9 cm³/mol. The molecule has 2 atom stereocenters. The number of sulfone groups is 1. The molecule has 1 aromatic heterocycles. The fourth-order valence-electron chi connectivity index (χ4n) is 3.04. The predicted octanol–water partition coefficient (Wildman–Crippen LogP) is 1.26. The average molecular weight is 344 g/mol. The van der Waals surface area contributed by atoms with Gasteiger partial charge in [-0.2, -0.15) is 0 Å². The van der Waals surface area contributed by atoms with Crippen LogP contribution in [0, 0.1) is 6.92 Å². The third-order valence-electron chi connectivity index (χ3n) is 4.17. The summed E-state index contributed by atoms with van der Waals surface area (Å²) in [5.74, 6) is 0.0272. The maximum absolute atomic E-state index is 12.8. The summed E-state index contributed by atoms with van der Waals surface area (Å²) in [5.41, 5.74) is 0.407. The molecule has 2 fully saturated rings. The molecular weight excluding hydrogens is 324 g/mol. The summed E-state index contributed by atoms with van der Waals surface area (Å²) in [6.07, 6.45) is 2.42. The van der Waals surface area contributed by atoms with Crippen LogP contribution >= 0.6 is 11.3 Å². The van der Waals surface area contributed by atoms with Crippen LogP contribution in [0.15, 0.2) is 5.38 Å². The lowest BCUT2D eigenvalue weighted by Crippen LogP contribution is -2.45. The maximum atomic E-state index is 12.8. The lowest BCUT2D eigenvalue weighted by Gasteiger charge is -2.29. The van der Waals surface area contributed by atoms with Crippen LogP contribution < -0.4 is 0 Å². The first-order valence-corrected chi connectivity index (χ1v) is 10.2. The highest BCUT2D eigenvalue weighted by Gasteiger charge is 2.37. The topological polar surface area (TPSA) is 76.6 Å². The number of amides is 1. The van der Waals surface area contributed by atoms with Crippen molar-refractivity contribution in [3.63, 3.8) is 0 Å². The summed E-state index contributed by atoms with van der Waals surface area (Å²) < 4.78 is 29.2. The van der Waals surface area contributed by atoms with E-state index in [-0.39, 0.29) is 29.6 Å². The lowest BCUT2D eigenvalue weighted by molar-refractivity contribution is 0.0437. The number of ether oxygens (including phenoxy) is 1. The molecule has 0 saturated carbocycles. The molecule has 0 radical (unpaired) electrons. The van der Waals surface area contributed by atoms with Crippen molar-refractivity contribution in [2.75, 3.05) is 24.7 Å². The molecule has 3 heterocycles. The number of hydrogen-bond donors (Lipinski definition) is 0. The van der Waals surface area contributed by atoms with Crippen molar-refractivity contribution in [2.24, 2.45) is 0 Å². The molecule has 0 N–H and O–H groups in total. The number of aryl methyl sites for hydroxylation is 1. The van der Waals surface area contributed by atoms with Crippen LogP contribution in [0.5, 0.6) is 0 Å². The quantitative estimate of drug-likeness (QED) is 0.822. The smallest absolute Gasteiger partial charge is 0.273 e. The van der Waals surface area contributed by atoms with Gasteiger partial charge in [0.25, 0.3) is 5.91 Å². The van der Waals surface area contributed by atoms with E-state index >= 15 is 0 Å². The Kier molecular flexibility index (Phi) is 4.52. The number of carbonyl (C=O) groups excluding carboxylic acids is 1. The second-order valence-corrected chi connectivity index (χ2v) is 9.19. The molecule has 122 valence electrons. The second-order valence-electron chi connectivity index (χ2n) is 5.90. The van der Waals surface area contributed by atoms with Gasteiger partial charge in [-0.15, -0.1) is 11.3 Å². The van der Waals surface area contributed by atoms with Gasteiger partial charge < -0.3 is 9.64 Å². The van der Waals surface area contributed by atoms with Crippen LogP contribution in [0.25, 0.3) is 0 Å². The van der Waals surface area contributed by atoms with Gasteiger partial charge in [-0.1, -0.05) is 0 Å². The zero-order valence-electron chi connectivity index (χ0n) is 12.5. The Morgan fingerprint density at radius 3 is 2.86 bits per heavy atom. The van der Waals surface area contributed by atoms with Crippen LogP contribution in [-0.2, 0) is 14.6 Å². The van der Waals surface area contributed by atoms with E-state index in [0.717, 1.165) is 17.8 Å². The summed E-state index contributed by atoms with van der Waals surface area (Å²) in [4.78, 5) is 18.7. The summed E-state index contributed by atoms with van der Waals surface area (Å²) in [7, 11) is -3.04. The third-order valence-corrected chi connectivity index (χ3v) is 6.70. The molecule has 0 bridgehead atoms. The van der Waals surface area contributed by atoms with E-state index in [9.17, 15) is 13.2 Å². The minimum absolute atomic E-state index is 0.00647. The molecule has 2 aliphatic heterocycles. The summed E-state index contributed by atoms with van der Waals surface area (Å²) in [6.45, 7) is 3.02. The van der Waals surface area contributed by atoms with E-state index in [1.165, 1.54) is 11.3 Å². The van der Waals surface area contributed by atoms with Crippen molar-refractivity contribution in [1.82, 2.24) is 9.88 Å². The van der Waals surface area contributed by atoms with Crippen molar-refractivity contribution in [2.45, 2.75) is 38.3 Å². The van der Waals surface area contributed by atoms with Gasteiger partial charge in [-0.05, 0) is 26.2 Å². The van der Waals surface area contributed by atoms with E-state index in [4.69, 9.17) is 4.74 Å². The van der Waals surface area contributed by atoms with Crippen molar-refractivity contribution in [1.29, 1.82) is 0 Å². The number of hydrogen-bond acceptors (Lipinski definition) is 6. The number of aromatic nitrogens is 1. The van der Waals surface area contributed by atoms with Gasteiger partial charge in [-0.25, -0.2) is 13.4 Å². The molecule has 22 heavy (non-hydrogen) atoms. The molecule has 2 unspecified atom stereocenters. The Hall–Kier alpha value is -0.990. The van der Waals surface area contributed by atoms with Gasteiger partial charge in [0.2, 0.25) is 0 Å². The minimum atomic E-state index is -3.04. The van der Waals surface area contributed by atoms with Crippen LogP contribution in [0.3, 0.4) is 0 Å². The molecule has 8 heteroatoms. The van der Waals surface area contributed by atoms with E-state index in [0.29, 0.717) is 25.3 Å². The first-order valence-electron chi connectivity index (χ1n) is 7.50. The number of nitrogens with zero attached hydrogens (tertiary/aromatic N) is 2. The highest BCUT2D eigenvalue weighted by atomic mass is 32.2. The molecule has 1 amide bonds. The maximum Gasteiger partial charge on any atom is 0.273 e. The fraction of sp³-hybridized carbons (Fsp3) is 0.714.